The van der Waals surface area contributed by atoms with Gasteiger partial charge in [-0.15, -0.1) is 5.10 Å². The van der Waals surface area contributed by atoms with Crippen LogP contribution in [-0.2, 0) is 6.54 Å². The highest BCUT2D eigenvalue weighted by Crippen LogP contribution is 2.23. The van der Waals surface area contributed by atoms with Crippen molar-refractivity contribution in [3.05, 3.63) is 17.8 Å². The zero-order valence-corrected chi connectivity index (χ0v) is 7.95. The molecule has 0 saturated heterocycles. The van der Waals surface area contributed by atoms with Crippen molar-refractivity contribution in [3.8, 4) is 5.88 Å². The second-order valence-corrected chi connectivity index (χ2v) is 2.87. The van der Waals surface area contributed by atoms with Gasteiger partial charge in [0, 0.05) is 12.6 Å². The van der Waals surface area contributed by atoms with Crippen molar-refractivity contribution >= 4 is 0 Å². The Morgan fingerprint density at radius 1 is 1.40 bits per heavy atom. The van der Waals surface area contributed by atoms with Crippen LogP contribution >= 0.6 is 0 Å². The van der Waals surface area contributed by atoms with E-state index >= 15 is 0 Å². The van der Waals surface area contributed by atoms with Gasteiger partial charge in [0.15, 0.2) is 6.10 Å². The van der Waals surface area contributed by atoms with Crippen molar-refractivity contribution in [1.29, 1.82) is 0 Å². The van der Waals surface area contributed by atoms with Crippen LogP contribution in [0.1, 0.15) is 12.6 Å². The van der Waals surface area contributed by atoms with Crippen molar-refractivity contribution in [2.24, 2.45) is 5.73 Å². The standard InChI is InChI=1S/C8H10F3N3O/c1-5(8(9,10)11)15-7-3-2-6(4-12)13-14-7/h2-3,5H,4,12H2,1H3. The first kappa shape index (κ1) is 11.7. The van der Waals surface area contributed by atoms with E-state index in [1.54, 1.807) is 0 Å². The molecule has 1 heterocycles. The number of alkyl halides is 3. The van der Waals surface area contributed by atoms with E-state index in [2.05, 4.69) is 14.9 Å². The Kier molecular flexibility index (Phi) is 3.46. The molecule has 84 valence electrons. The first-order valence-corrected chi connectivity index (χ1v) is 4.19. The molecule has 0 bridgehead atoms. The lowest BCUT2D eigenvalue weighted by Gasteiger charge is -2.16. The van der Waals surface area contributed by atoms with Gasteiger partial charge in [0.1, 0.15) is 0 Å². The number of hydrogen-bond acceptors (Lipinski definition) is 4. The molecule has 4 nitrogen and oxygen atoms in total. The number of hydrogen-bond donors (Lipinski definition) is 1. The normalized spacial score (nSPS) is 13.7. The zero-order valence-electron chi connectivity index (χ0n) is 7.95. The Balaban J connectivity index is 2.65. The minimum absolute atomic E-state index is 0.169. The predicted molar refractivity (Wildman–Crippen MR) is 46.1 cm³/mol. The number of ether oxygens (including phenoxy) is 1. The summed E-state index contributed by atoms with van der Waals surface area (Å²) in [6, 6.07) is 2.77. The molecule has 0 aliphatic carbocycles. The Labute approximate surface area is 84.2 Å². The minimum atomic E-state index is -4.41. The van der Waals surface area contributed by atoms with Crippen LogP contribution in [0.3, 0.4) is 0 Å². The topological polar surface area (TPSA) is 61.0 Å². The fourth-order valence-electron chi connectivity index (χ4n) is 0.767. The molecule has 1 aromatic heterocycles. The number of halogens is 3. The summed E-state index contributed by atoms with van der Waals surface area (Å²) in [4.78, 5) is 0. The van der Waals surface area contributed by atoms with Crippen LogP contribution in [0.25, 0.3) is 0 Å². The molecule has 0 spiro atoms. The van der Waals surface area contributed by atoms with E-state index in [-0.39, 0.29) is 12.4 Å². The molecular weight excluding hydrogens is 211 g/mol. The highest BCUT2D eigenvalue weighted by Gasteiger charge is 2.38. The molecule has 1 unspecified atom stereocenters. The molecule has 7 heteroatoms. The third kappa shape index (κ3) is 3.35. The molecule has 0 saturated carbocycles. The van der Waals surface area contributed by atoms with Gasteiger partial charge in [-0.25, -0.2) is 0 Å². The fourth-order valence-corrected chi connectivity index (χ4v) is 0.767. The van der Waals surface area contributed by atoms with Crippen molar-refractivity contribution in [2.45, 2.75) is 25.7 Å². The lowest BCUT2D eigenvalue weighted by atomic mass is 10.4. The summed E-state index contributed by atoms with van der Waals surface area (Å²) in [7, 11) is 0. The number of rotatable bonds is 3. The summed E-state index contributed by atoms with van der Waals surface area (Å²) in [5, 5.41) is 7.02. The van der Waals surface area contributed by atoms with E-state index in [0.717, 1.165) is 6.92 Å². The summed E-state index contributed by atoms with van der Waals surface area (Å²) in [5.41, 5.74) is 5.74. The summed E-state index contributed by atoms with van der Waals surface area (Å²) >= 11 is 0. The van der Waals surface area contributed by atoms with Gasteiger partial charge in [-0.3, -0.25) is 0 Å². The van der Waals surface area contributed by atoms with Gasteiger partial charge in [-0.2, -0.15) is 18.3 Å². The maximum atomic E-state index is 12.1. The highest BCUT2D eigenvalue weighted by molar-refractivity contribution is 5.11. The average Bonchev–Trinajstić information content (AvgIpc) is 2.17. The van der Waals surface area contributed by atoms with Gasteiger partial charge in [0.25, 0.3) is 0 Å². The van der Waals surface area contributed by atoms with E-state index in [0.29, 0.717) is 5.69 Å². The van der Waals surface area contributed by atoms with Gasteiger partial charge >= 0.3 is 6.18 Å². The quantitative estimate of drug-likeness (QED) is 0.834. The SMILES string of the molecule is CC(Oc1ccc(CN)nn1)C(F)(F)F. The van der Waals surface area contributed by atoms with Gasteiger partial charge in [-0.05, 0) is 13.0 Å². The van der Waals surface area contributed by atoms with E-state index in [9.17, 15) is 13.2 Å². The predicted octanol–water partition coefficient (Wildman–Crippen LogP) is 1.26. The Hall–Kier alpha value is -1.37. The monoisotopic (exact) mass is 221 g/mol. The van der Waals surface area contributed by atoms with Crippen LogP contribution in [0.15, 0.2) is 12.1 Å². The molecular formula is C8H10F3N3O. The molecule has 0 amide bonds. The molecule has 1 rings (SSSR count). The Morgan fingerprint density at radius 3 is 2.47 bits per heavy atom. The largest absolute Gasteiger partial charge is 0.464 e. The molecule has 15 heavy (non-hydrogen) atoms. The maximum absolute atomic E-state index is 12.1. The number of aromatic nitrogens is 2. The minimum Gasteiger partial charge on any atom is -0.464 e. The van der Waals surface area contributed by atoms with Crippen LogP contribution in [-0.4, -0.2) is 22.5 Å². The molecule has 1 atom stereocenters. The Bertz CT molecular complexity index is 312. The third-order valence-electron chi connectivity index (χ3n) is 1.66. The van der Waals surface area contributed by atoms with Gasteiger partial charge in [-0.1, -0.05) is 0 Å². The molecule has 0 radical (unpaired) electrons. The second kappa shape index (κ2) is 4.43. The van der Waals surface area contributed by atoms with Crippen LogP contribution in [0.4, 0.5) is 13.2 Å². The second-order valence-electron chi connectivity index (χ2n) is 2.87. The molecule has 0 fully saturated rings. The van der Waals surface area contributed by atoms with Crippen molar-refractivity contribution < 1.29 is 17.9 Å². The fraction of sp³-hybridized carbons (Fsp3) is 0.500. The highest BCUT2D eigenvalue weighted by atomic mass is 19.4. The van der Waals surface area contributed by atoms with E-state index in [1.165, 1.54) is 12.1 Å². The number of nitrogens with zero attached hydrogens (tertiary/aromatic N) is 2. The number of nitrogens with two attached hydrogens (primary N) is 1. The maximum Gasteiger partial charge on any atom is 0.425 e. The van der Waals surface area contributed by atoms with Gasteiger partial charge < -0.3 is 10.5 Å². The van der Waals surface area contributed by atoms with Crippen LogP contribution in [0.5, 0.6) is 5.88 Å². The van der Waals surface area contributed by atoms with Crippen molar-refractivity contribution in [2.75, 3.05) is 0 Å². The van der Waals surface area contributed by atoms with E-state index < -0.39 is 12.3 Å². The first-order chi connectivity index (χ1) is 6.93. The van der Waals surface area contributed by atoms with E-state index in [1.807, 2.05) is 0 Å². The summed E-state index contributed by atoms with van der Waals surface area (Å²) in [6.45, 7) is 1.08. The molecule has 2 N–H and O–H groups in total. The van der Waals surface area contributed by atoms with Crippen LogP contribution < -0.4 is 10.5 Å². The molecule has 0 aliphatic heterocycles. The third-order valence-corrected chi connectivity index (χ3v) is 1.66. The lowest BCUT2D eigenvalue weighted by molar-refractivity contribution is -0.190. The first-order valence-electron chi connectivity index (χ1n) is 4.19. The zero-order chi connectivity index (χ0) is 11.5. The lowest BCUT2D eigenvalue weighted by Crippen LogP contribution is -2.31. The summed E-state index contributed by atoms with van der Waals surface area (Å²) < 4.78 is 40.8. The average molecular weight is 221 g/mol. The van der Waals surface area contributed by atoms with Crippen LogP contribution in [0.2, 0.25) is 0 Å². The van der Waals surface area contributed by atoms with E-state index in [4.69, 9.17) is 5.73 Å². The van der Waals surface area contributed by atoms with Gasteiger partial charge in [0.05, 0.1) is 5.69 Å². The molecule has 0 aliphatic rings. The summed E-state index contributed by atoms with van der Waals surface area (Å²) in [6.07, 6.45) is -6.32. The van der Waals surface area contributed by atoms with Crippen molar-refractivity contribution in [1.82, 2.24) is 10.2 Å². The molecule has 1 aromatic rings. The van der Waals surface area contributed by atoms with Crippen LogP contribution in [0, 0.1) is 0 Å². The smallest absolute Gasteiger partial charge is 0.425 e. The molecule has 0 aromatic carbocycles. The van der Waals surface area contributed by atoms with Gasteiger partial charge in [0.2, 0.25) is 5.88 Å². The van der Waals surface area contributed by atoms with Crippen molar-refractivity contribution in [3.63, 3.8) is 0 Å². The summed E-state index contributed by atoms with van der Waals surface area (Å²) in [5.74, 6) is -0.169. The Morgan fingerprint density at radius 2 is 2.07 bits per heavy atom.